The van der Waals surface area contributed by atoms with E-state index in [0.29, 0.717) is 12.0 Å². The molecule has 0 radical (unpaired) electrons. The second-order valence-electron chi connectivity index (χ2n) is 6.40. The molecule has 0 bridgehead atoms. The smallest absolute Gasteiger partial charge is 0.0613 e. The lowest BCUT2D eigenvalue weighted by atomic mass is 9.86. The fourth-order valence-electron chi connectivity index (χ4n) is 3.47. The van der Waals surface area contributed by atoms with E-state index in [1.165, 1.54) is 32.5 Å². The minimum atomic E-state index is -0.293. The van der Waals surface area contributed by atoms with Crippen molar-refractivity contribution in [2.45, 2.75) is 44.2 Å². The number of rotatable bonds is 4. The van der Waals surface area contributed by atoms with Crippen molar-refractivity contribution in [1.29, 1.82) is 0 Å². The summed E-state index contributed by atoms with van der Waals surface area (Å²) in [5.41, 5.74) is 6.00. The fourth-order valence-corrected chi connectivity index (χ4v) is 3.47. The summed E-state index contributed by atoms with van der Waals surface area (Å²) in [4.78, 5) is 4.98. The Morgan fingerprint density at radius 1 is 1.39 bits per heavy atom. The molecule has 106 valence electrons. The first kappa shape index (κ1) is 14.3. The molecule has 4 heteroatoms. The first-order valence-electron chi connectivity index (χ1n) is 7.37. The maximum absolute atomic E-state index is 9.46. The molecule has 1 saturated heterocycles. The summed E-state index contributed by atoms with van der Waals surface area (Å²) in [6, 6.07) is 0.655. The lowest BCUT2D eigenvalue weighted by molar-refractivity contribution is 0.0906. The molecule has 0 spiro atoms. The second kappa shape index (κ2) is 5.87. The van der Waals surface area contributed by atoms with E-state index < -0.39 is 0 Å². The molecule has 2 aliphatic rings. The Kier molecular flexibility index (Phi) is 4.64. The average Bonchev–Trinajstić information content (AvgIpc) is 2.73. The highest BCUT2D eigenvalue weighted by Gasteiger charge is 2.38. The quantitative estimate of drug-likeness (QED) is 0.768. The normalized spacial score (nSPS) is 39.3. The van der Waals surface area contributed by atoms with Crippen LogP contribution in [0.4, 0.5) is 0 Å². The van der Waals surface area contributed by atoms with Crippen LogP contribution in [-0.4, -0.2) is 66.3 Å². The SMILES string of the molecule is CC1CN(CCC2CCCC2(N)CO)CCN1C. The standard InChI is InChI=1S/C14H29N3O/c1-12-10-17(9-8-16(12)2)7-5-13-4-3-6-14(13,15)11-18/h12-13,18H,3-11,15H2,1-2H3. The zero-order valence-corrected chi connectivity index (χ0v) is 11.9. The molecule has 0 aromatic heterocycles. The van der Waals surface area contributed by atoms with Crippen LogP contribution in [-0.2, 0) is 0 Å². The molecule has 0 aromatic carbocycles. The van der Waals surface area contributed by atoms with Gasteiger partial charge in [0, 0.05) is 31.2 Å². The number of likely N-dealkylation sites (N-methyl/N-ethyl adjacent to an activating group) is 1. The van der Waals surface area contributed by atoms with Gasteiger partial charge in [-0.2, -0.15) is 0 Å². The maximum atomic E-state index is 9.46. The number of aliphatic hydroxyl groups excluding tert-OH is 1. The molecule has 4 nitrogen and oxygen atoms in total. The number of hydrogen-bond acceptors (Lipinski definition) is 4. The molecule has 2 fully saturated rings. The van der Waals surface area contributed by atoms with Gasteiger partial charge in [0.25, 0.3) is 0 Å². The number of nitrogens with two attached hydrogens (primary N) is 1. The third-order valence-corrected chi connectivity index (χ3v) is 5.14. The van der Waals surface area contributed by atoms with Gasteiger partial charge < -0.3 is 20.6 Å². The Labute approximate surface area is 111 Å². The average molecular weight is 255 g/mol. The van der Waals surface area contributed by atoms with E-state index in [-0.39, 0.29) is 12.1 Å². The molecule has 0 amide bonds. The van der Waals surface area contributed by atoms with E-state index in [9.17, 15) is 5.11 Å². The van der Waals surface area contributed by atoms with Crippen molar-refractivity contribution in [3.8, 4) is 0 Å². The number of hydrogen-bond donors (Lipinski definition) is 2. The van der Waals surface area contributed by atoms with Gasteiger partial charge in [0.15, 0.2) is 0 Å². The van der Waals surface area contributed by atoms with E-state index in [2.05, 4.69) is 23.8 Å². The van der Waals surface area contributed by atoms with Gasteiger partial charge in [0.05, 0.1) is 6.61 Å². The Hall–Kier alpha value is -0.160. The number of aliphatic hydroxyl groups is 1. The van der Waals surface area contributed by atoms with Crippen molar-refractivity contribution < 1.29 is 5.11 Å². The lowest BCUT2D eigenvalue weighted by Crippen LogP contribution is -2.51. The van der Waals surface area contributed by atoms with Crippen LogP contribution in [0.1, 0.15) is 32.6 Å². The second-order valence-corrected chi connectivity index (χ2v) is 6.40. The summed E-state index contributed by atoms with van der Waals surface area (Å²) >= 11 is 0. The highest BCUT2D eigenvalue weighted by atomic mass is 16.3. The zero-order chi connectivity index (χ0) is 13.2. The zero-order valence-electron chi connectivity index (χ0n) is 11.9. The first-order valence-corrected chi connectivity index (χ1v) is 7.37. The largest absolute Gasteiger partial charge is 0.394 e. The molecular weight excluding hydrogens is 226 g/mol. The molecular formula is C14H29N3O. The van der Waals surface area contributed by atoms with Gasteiger partial charge in [-0.25, -0.2) is 0 Å². The molecule has 2 rings (SSSR count). The van der Waals surface area contributed by atoms with Crippen LogP contribution < -0.4 is 5.73 Å². The van der Waals surface area contributed by atoms with Crippen LogP contribution in [0.15, 0.2) is 0 Å². The monoisotopic (exact) mass is 255 g/mol. The van der Waals surface area contributed by atoms with E-state index in [1.54, 1.807) is 0 Å². The van der Waals surface area contributed by atoms with Gasteiger partial charge in [-0.15, -0.1) is 0 Å². The molecule has 1 heterocycles. The van der Waals surface area contributed by atoms with E-state index >= 15 is 0 Å². The van der Waals surface area contributed by atoms with Crippen molar-refractivity contribution in [3.05, 3.63) is 0 Å². The van der Waals surface area contributed by atoms with Crippen LogP contribution in [0.5, 0.6) is 0 Å². The predicted molar refractivity (Wildman–Crippen MR) is 74.5 cm³/mol. The summed E-state index contributed by atoms with van der Waals surface area (Å²) in [5, 5.41) is 9.46. The Morgan fingerprint density at radius 2 is 2.17 bits per heavy atom. The highest BCUT2D eigenvalue weighted by Crippen LogP contribution is 2.35. The van der Waals surface area contributed by atoms with Crippen molar-refractivity contribution in [1.82, 2.24) is 9.80 Å². The molecule has 18 heavy (non-hydrogen) atoms. The predicted octanol–water partition coefficient (Wildman–Crippen LogP) is 0.502. The Balaban J connectivity index is 1.78. The number of piperazine rings is 1. The molecule has 0 aromatic rings. The summed E-state index contributed by atoms with van der Waals surface area (Å²) < 4.78 is 0. The van der Waals surface area contributed by atoms with Crippen molar-refractivity contribution >= 4 is 0 Å². The van der Waals surface area contributed by atoms with Crippen LogP contribution in [0.2, 0.25) is 0 Å². The highest BCUT2D eigenvalue weighted by molar-refractivity contribution is 4.96. The summed E-state index contributed by atoms with van der Waals surface area (Å²) in [7, 11) is 2.20. The minimum Gasteiger partial charge on any atom is -0.394 e. The Bertz CT molecular complexity index is 274. The van der Waals surface area contributed by atoms with E-state index in [1.807, 2.05) is 0 Å². The summed E-state index contributed by atoms with van der Waals surface area (Å²) in [6.45, 7) is 7.09. The van der Waals surface area contributed by atoms with E-state index in [4.69, 9.17) is 5.73 Å². The Morgan fingerprint density at radius 3 is 2.83 bits per heavy atom. The van der Waals surface area contributed by atoms with Crippen LogP contribution in [0.25, 0.3) is 0 Å². The van der Waals surface area contributed by atoms with Crippen LogP contribution in [0, 0.1) is 5.92 Å². The summed E-state index contributed by atoms with van der Waals surface area (Å²) in [6.07, 6.45) is 4.52. The molecule has 1 saturated carbocycles. The third kappa shape index (κ3) is 3.05. The molecule has 1 aliphatic carbocycles. The fraction of sp³-hybridized carbons (Fsp3) is 1.00. The van der Waals surface area contributed by atoms with Crippen LogP contribution >= 0.6 is 0 Å². The topological polar surface area (TPSA) is 52.7 Å². The molecule has 3 atom stereocenters. The van der Waals surface area contributed by atoms with Crippen molar-refractivity contribution in [2.24, 2.45) is 11.7 Å². The first-order chi connectivity index (χ1) is 8.55. The van der Waals surface area contributed by atoms with Crippen molar-refractivity contribution in [2.75, 3.05) is 39.8 Å². The minimum absolute atomic E-state index is 0.150. The van der Waals surface area contributed by atoms with Gasteiger partial charge in [-0.05, 0) is 45.7 Å². The molecule has 1 aliphatic heterocycles. The van der Waals surface area contributed by atoms with Gasteiger partial charge >= 0.3 is 0 Å². The van der Waals surface area contributed by atoms with Gasteiger partial charge in [0.2, 0.25) is 0 Å². The molecule has 3 N–H and O–H groups in total. The third-order valence-electron chi connectivity index (χ3n) is 5.14. The van der Waals surface area contributed by atoms with Gasteiger partial charge in [0.1, 0.15) is 0 Å². The molecule has 3 unspecified atom stereocenters. The van der Waals surface area contributed by atoms with E-state index in [0.717, 1.165) is 19.4 Å². The van der Waals surface area contributed by atoms with Gasteiger partial charge in [-0.1, -0.05) is 6.42 Å². The summed E-state index contributed by atoms with van der Waals surface area (Å²) in [5.74, 6) is 0.512. The lowest BCUT2D eigenvalue weighted by Gasteiger charge is -2.39. The maximum Gasteiger partial charge on any atom is 0.0613 e. The van der Waals surface area contributed by atoms with Crippen molar-refractivity contribution in [3.63, 3.8) is 0 Å². The number of nitrogens with zero attached hydrogens (tertiary/aromatic N) is 2. The van der Waals surface area contributed by atoms with Crippen LogP contribution in [0.3, 0.4) is 0 Å². The van der Waals surface area contributed by atoms with Gasteiger partial charge in [-0.3, -0.25) is 0 Å².